The maximum Gasteiger partial charge on any atom is 0.301 e. The number of Topliss-reactive ketones (excluding diaryl/α,β-unsaturated/α-hetero) is 1. The normalized spacial score (nSPS) is 17.2. The van der Waals surface area contributed by atoms with Gasteiger partial charge in [-0.2, -0.15) is 0 Å². The number of unbranched alkanes of at least 4 members (excludes halogenated alkanes) is 2. The molecule has 4 aromatic rings. The Morgan fingerprint density at radius 1 is 1.00 bits per heavy atom. The summed E-state index contributed by atoms with van der Waals surface area (Å²) in [5, 5.41) is 20.5. The zero-order chi connectivity index (χ0) is 30.5. The minimum Gasteiger partial charge on any atom is -0.507 e. The van der Waals surface area contributed by atoms with Crippen LogP contribution in [-0.4, -0.2) is 46.8 Å². The maximum atomic E-state index is 13.7. The molecule has 6 rings (SSSR count). The van der Waals surface area contributed by atoms with E-state index in [0.717, 1.165) is 24.8 Å². The first-order chi connectivity index (χ1) is 21.5. The summed E-state index contributed by atoms with van der Waals surface area (Å²) >= 11 is 2.73. The van der Waals surface area contributed by atoms with E-state index in [0.29, 0.717) is 58.3 Å². The molecule has 1 atom stereocenters. The molecule has 1 amide bonds. The fourth-order valence-corrected chi connectivity index (χ4v) is 6.91. The van der Waals surface area contributed by atoms with Crippen molar-refractivity contribution < 1.29 is 28.9 Å². The van der Waals surface area contributed by atoms with E-state index < -0.39 is 17.7 Å². The van der Waals surface area contributed by atoms with Gasteiger partial charge >= 0.3 is 5.91 Å². The van der Waals surface area contributed by atoms with Gasteiger partial charge < -0.3 is 19.3 Å². The van der Waals surface area contributed by atoms with E-state index in [1.165, 1.54) is 28.0 Å². The Morgan fingerprint density at radius 3 is 2.64 bits per heavy atom. The topological polar surface area (TPSA) is 111 Å². The molecule has 2 aliphatic heterocycles. The monoisotopic (exact) mass is 629 g/mol. The molecule has 0 bridgehead atoms. The van der Waals surface area contributed by atoms with Crippen molar-refractivity contribution in [1.29, 1.82) is 0 Å². The van der Waals surface area contributed by atoms with Crippen LogP contribution in [0.25, 0.3) is 5.76 Å². The molecule has 0 spiro atoms. The second-order valence-electron chi connectivity index (χ2n) is 10.3. The molecule has 1 fully saturated rings. The number of nitrogens with zero attached hydrogens (tertiary/aromatic N) is 3. The number of thioether (sulfide) groups is 1. The number of ether oxygens (including phenoxy) is 3. The fraction of sp³-hybridized carbons (Fsp3) is 0.273. The van der Waals surface area contributed by atoms with Gasteiger partial charge in [0.05, 0.1) is 18.2 Å². The van der Waals surface area contributed by atoms with Gasteiger partial charge in [-0.25, -0.2) is 0 Å². The average Bonchev–Trinajstić information content (AvgIpc) is 3.63. The number of fused-ring (bicyclic) bond motifs is 1. The second-order valence-corrected chi connectivity index (χ2v) is 12.5. The highest BCUT2D eigenvalue weighted by Crippen LogP contribution is 2.45. The first-order valence-electron chi connectivity index (χ1n) is 14.5. The molecule has 44 heavy (non-hydrogen) atoms. The van der Waals surface area contributed by atoms with Gasteiger partial charge in [0.2, 0.25) is 5.13 Å². The summed E-state index contributed by atoms with van der Waals surface area (Å²) in [5.41, 5.74) is 2.01. The molecule has 0 radical (unpaired) electrons. The number of ketones is 1. The number of hydrogen-bond donors (Lipinski definition) is 1. The van der Waals surface area contributed by atoms with Crippen molar-refractivity contribution >= 4 is 45.7 Å². The molecular formula is C33H31N3O6S2. The lowest BCUT2D eigenvalue weighted by molar-refractivity contribution is -0.132. The van der Waals surface area contributed by atoms with Gasteiger partial charge in [0.25, 0.3) is 5.78 Å². The molecule has 1 saturated heterocycles. The van der Waals surface area contributed by atoms with Crippen molar-refractivity contribution in [2.45, 2.75) is 42.3 Å². The predicted octanol–water partition coefficient (Wildman–Crippen LogP) is 6.80. The van der Waals surface area contributed by atoms with Gasteiger partial charge in [-0.05, 0) is 47.9 Å². The van der Waals surface area contributed by atoms with Crippen LogP contribution in [-0.2, 0) is 15.3 Å². The van der Waals surface area contributed by atoms with Gasteiger partial charge in [0.15, 0.2) is 15.8 Å². The van der Waals surface area contributed by atoms with Gasteiger partial charge in [0, 0.05) is 11.3 Å². The Labute approximate surface area is 263 Å². The number of aliphatic hydroxyl groups is 1. The van der Waals surface area contributed by atoms with Gasteiger partial charge in [0.1, 0.15) is 24.7 Å². The Hall–Kier alpha value is -4.35. The molecule has 2 aliphatic rings. The molecule has 3 aromatic carbocycles. The van der Waals surface area contributed by atoms with E-state index in [1.807, 2.05) is 48.5 Å². The summed E-state index contributed by atoms with van der Waals surface area (Å²) in [6.07, 6.45) is 3.04. The molecule has 11 heteroatoms. The number of anilines is 1. The van der Waals surface area contributed by atoms with E-state index in [4.69, 9.17) is 14.2 Å². The number of aromatic nitrogens is 2. The molecular weight excluding hydrogens is 599 g/mol. The third-order valence-electron chi connectivity index (χ3n) is 7.26. The van der Waals surface area contributed by atoms with Crippen LogP contribution in [0.5, 0.6) is 17.2 Å². The number of benzene rings is 3. The highest BCUT2D eigenvalue weighted by Gasteiger charge is 2.48. The molecule has 0 aliphatic carbocycles. The molecule has 3 heterocycles. The second kappa shape index (κ2) is 13.5. The van der Waals surface area contributed by atoms with Crippen LogP contribution in [0.4, 0.5) is 5.13 Å². The highest BCUT2D eigenvalue weighted by atomic mass is 32.2. The minimum atomic E-state index is -0.956. The number of hydrogen-bond acceptors (Lipinski definition) is 10. The SMILES string of the molecule is CCCCCOc1cccc([C@@H]2C(=C(O)c3ccc4c(c3)OCCO4)C(=O)C(=O)N2c2nnc(SCc3ccccc3)s2)c1. The van der Waals surface area contributed by atoms with Gasteiger partial charge in [-0.3, -0.25) is 14.5 Å². The minimum absolute atomic E-state index is 0.0523. The molecule has 0 unspecified atom stereocenters. The van der Waals surface area contributed by atoms with Gasteiger partial charge in [-0.15, -0.1) is 10.2 Å². The zero-order valence-electron chi connectivity index (χ0n) is 24.1. The maximum absolute atomic E-state index is 13.7. The van der Waals surface area contributed by atoms with E-state index >= 15 is 0 Å². The fourth-order valence-electron chi connectivity index (χ4n) is 5.09. The summed E-state index contributed by atoms with van der Waals surface area (Å²) in [7, 11) is 0. The van der Waals surface area contributed by atoms with Crippen molar-refractivity contribution in [3.05, 3.63) is 95.1 Å². The van der Waals surface area contributed by atoms with Crippen LogP contribution in [0.1, 0.15) is 48.9 Å². The number of aliphatic hydroxyl groups excluding tert-OH is 1. The van der Waals surface area contributed by atoms with Crippen LogP contribution >= 0.6 is 23.1 Å². The third-order valence-corrected chi connectivity index (χ3v) is 9.38. The quantitative estimate of drug-likeness (QED) is 0.0478. The van der Waals surface area contributed by atoms with Crippen LogP contribution in [0.15, 0.2) is 82.7 Å². The summed E-state index contributed by atoms with van der Waals surface area (Å²) in [5.74, 6) is 0.374. The van der Waals surface area contributed by atoms with Crippen LogP contribution in [0.3, 0.4) is 0 Å². The summed E-state index contributed by atoms with van der Waals surface area (Å²) < 4.78 is 18.0. The smallest absolute Gasteiger partial charge is 0.301 e. The molecule has 226 valence electrons. The average molecular weight is 630 g/mol. The summed E-state index contributed by atoms with van der Waals surface area (Å²) in [6.45, 7) is 3.47. The third kappa shape index (κ3) is 6.29. The zero-order valence-corrected chi connectivity index (χ0v) is 25.7. The molecule has 1 N–H and O–H groups in total. The van der Waals surface area contributed by atoms with Crippen LogP contribution < -0.4 is 19.1 Å². The Morgan fingerprint density at radius 2 is 1.82 bits per heavy atom. The van der Waals surface area contributed by atoms with E-state index in [9.17, 15) is 14.7 Å². The van der Waals surface area contributed by atoms with E-state index in [2.05, 4.69) is 17.1 Å². The lowest BCUT2D eigenvalue weighted by Crippen LogP contribution is -2.29. The number of rotatable bonds is 11. The Bertz CT molecular complexity index is 1690. The first-order valence-corrected chi connectivity index (χ1v) is 16.3. The van der Waals surface area contributed by atoms with Crippen molar-refractivity contribution in [2.24, 2.45) is 0 Å². The number of amides is 1. The van der Waals surface area contributed by atoms with Gasteiger partial charge in [-0.1, -0.05) is 85.3 Å². The van der Waals surface area contributed by atoms with Crippen molar-refractivity contribution in [2.75, 3.05) is 24.7 Å². The highest BCUT2D eigenvalue weighted by molar-refractivity contribution is 8.00. The number of carbonyl (C=O) groups excluding carboxylic acids is 2. The molecule has 1 aromatic heterocycles. The first kappa shape index (κ1) is 29.7. The summed E-state index contributed by atoms with van der Waals surface area (Å²) in [4.78, 5) is 28.7. The molecule has 0 saturated carbocycles. The Balaban J connectivity index is 1.38. The van der Waals surface area contributed by atoms with E-state index in [1.54, 1.807) is 24.3 Å². The number of carbonyl (C=O) groups is 2. The molecule has 9 nitrogen and oxygen atoms in total. The van der Waals surface area contributed by atoms with Crippen LogP contribution in [0.2, 0.25) is 0 Å². The van der Waals surface area contributed by atoms with Crippen molar-refractivity contribution in [3.8, 4) is 17.2 Å². The Kier molecular flexibility index (Phi) is 9.13. The van der Waals surface area contributed by atoms with Crippen molar-refractivity contribution in [3.63, 3.8) is 0 Å². The van der Waals surface area contributed by atoms with Crippen LogP contribution in [0, 0.1) is 0 Å². The largest absolute Gasteiger partial charge is 0.507 e. The van der Waals surface area contributed by atoms with Crippen molar-refractivity contribution in [1.82, 2.24) is 10.2 Å². The lowest BCUT2D eigenvalue weighted by atomic mass is 9.95. The standard InChI is InChI=1S/C33H31N3O6S2/c1-2-3-7-15-40-24-12-8-11-22(18-24)28-27(29(37)23-13-14-25-26(19-23)42-17-16-41-25)30(38)31(39)36(28)32-34-35-33(44-32)43-20-21-9-5-4-6-10-21/h4-6,8-14,18-19,28,37H,2-3,7,15-17,20H2,1H3/t28-/m1/s1. The summed E-state index contributed by atoms with van der Waals surface area (Å²) in [6, 6.07) is 21.2. The predicted molar refractivity (Wildman–Crippen MR) is 170 cm³/mol. The lowest BCUT2D eigenvalue weighted by Gasteiger charge is -2.23. The van der Waals surface area contributed by atoms with E-state index in [-0.39, 0.29) is 16.5 Å².